The summed E-state index contributed by atoms with van der Waals surface area (Å²) < 4.78 is 26.9. The van der Waals surface area contributed by atoms with Gasteiger partial charge >= 0.3 is 0 Å². The summed E-state index contributed by atoms with van der Waals surface area (Å²) in [5.74, 6) is -0.399. The Balaban J connectivity index is 2.09. The van der Waals surface area contributed by atoms with Crippen LogP contribution in [0.4, 0.5) is 10.8 Å². The number of amides is 1. The molecule has 0 radical (unpaired) electrons. The third kappa shape index (κ3) is 5.21. The highest BCUT2D eigenvalue weighted by Gasteiger charge is 2.24. The number of hydrazone groups is 1. The highest BCUT2D eigenvalue weighted by molar-refractivity contribution is 7.80. The molecule has 3 aromatic rings. The van der Waals surface area contributed by atoms with Gasteiger partial charge in [-0.3, -0.25) is 13.7 Å². The van der Waals surface area contributed by atoms with Gasteiger partial charge in [0, 0.05) is 23.5 Å². The fourth-order valence-corrected chi connectivity index (χ4v) is 5.90. The first-order valence-electron chi connectivity index (χ1n) is 9.62. The first kappa shape index (κ1) is 24.4. The third-order valence-electron chi connectivity index (χ3n) is 4.67. The Morgan fingerprint density at radius 3 is 2.47 bits per heavy atom. The summed E-state index contributed by atoms with van der Waals surface area (Å²) in [7, 11) is 0. The summed E-state index contributed by atoms with van der Waals surface area (Å²) in [4.78, 5) is 18.9. The Morgan fingerprint density at radius 2 is 1.91 bits per heavy atom. The maximum Gasteiger partial charge on any atom is 0.290 e. The van der Waals surface area contributed by atoms with Gasteiger partial charge in [0.1, 0.15) is 4.88 Å². The van der Waals surface area contributed by atoms with E-state index in [-0.39, 0.29) is 5.13 Å². The third-order valence-corrected chi connectivity index (χ3v) is 7.88. The first-order chi connectivity index (χ1) is 15.1. The van der Waals surface area contributed by atoms with Crippen molar-refractivity contribution in [3.8, 4) is 0 Å². The summed E-state index contributed by atoms with van der Waals surface area (Å²) in [5.41, 5.74) is 3.71. The molecule has 1 atom stereocenters. The zero-order chi connectivity index (χ0) is 23.6. The van der Waals surface area contributed by atoms with Crippen LogP contribution in [-0.2, 0) is 17.8 Å². The first-order valence-corrected chi connectivity index (χ1v) is 12.7. The second-order valence-electron chi connectivity index (χ2n) is 6.94. The van der Waals surface area contributed by atoms with E-state index in [1.165, 1.54) is 16.3 Å². The van der Waals surface area contributed by atoms with Crippen molar-refractivity contribution in [1.82, 2.24) is 9.55 Å². The summed E-state index contributed by atoms with van der Waals surface area (Å²) in [6, 6.07) is 7.43. The predicted molar refractivity (Wildman–Crippen MR) is 133 cm³/mol. The monoisotopic (exact) mass is 508 g/mol. The van der Waals surface area contributed by atoms with Crippen LogP contribution in [0, 0.1) is 24.7 Å². The number of anilines is 2. The molecule has 0 aliphatic carbocycles. The van der Waals surface area contributed by atoms with Crippen LogP contribution in [0.2, 0.25) is 0 Å². The smallest absolute Gasteiger partial charge is 0.290 e. The van der Waals surface area contributed by atoms with E-state index < -0.39 is 17.2 Å². The minimum Gasteiger partial charge on any atom is -0.755 e. The average molecular weight is 509 g/mol. The van der Waals surface area contributed by atoms with E-state index in [1.807, 2.05) is 56.5 Å². The number of carbonyl (C=O) groups excluding carboxylic acids is 1. The van der Waals surface area contributed by atoms with Crippen LogP contribution in [0.5, 0.6) is 0 Å². The largest absolute Gasteiger partial charge is 0.755 e. The van der Waals surface area contributed by atoms with E-state index in [2.05, 4.69) is 14.8 Å². The lowest BCUT2D eigenvalue weighted by Gasteiger charge is -2.18. The molecule has 1 amide bonds. The zero-order valence-electron chi connectivity index (χ0n) is 18.2. The van der Waals surface area contributed by atoms with Crippen molar-refractivity contribution in [1.29, 1.82) is 0 Å². The molecule has 0 aliphatic heterocycles. The maximum absolute atomic E-state index is 13.5. The highest BCUT2D eigenvalue weighted by Crippen LogP contribution is 2.28. The van der Waals surface area contributed by atoms with Gasteiger partial charge in [-0.2, -0.15) is 10.1 Å². The molecule has 0 fully saturated rings. The molecule has 1 unspecified atom stereocenters. The summed E-state index contributed by atoms with van der Waals surface area (Å²) in [6.07, 6.45) is 0. The van der Waals surface area contributed by atoms with Crippen LogP contribution in [0.15, 0.2) is 29.4 Å². The van der Waals surface area contributed by atoms with Crippen LogP contribution in [0.3, 0.4) is 0 Å². The molecular weight excluding hydrogens is 487 g/mol. The Hall–Kier alpha value is -2.25. The molecule has 3 rings (SSSR count). The number of aryl methyl sites for hydroxylation is 2. The lowest BCUT2D eigenvalue weighted by molar-refractivity contribution is 0.0990. The number of nitrogens with one attached hydrogen (secondary N) is 1. The number of hydrogen-bond acceptors (Lipinski definition) is 8. The molecule has 0 aliphatic rings. The van der Waals surface area contributed by atoms with E-state index in [9.17, 15) is 13.6 Å². The second-order valence-corrected chi connectivity index (χ2v) is 10.3. The van der Waals surface area contributed by atoms with Crippen molar-refractivity contribution in [2.45, 2.75) is 41.2 Å². The van der Waals surface area contributed by atoms with Gasteiger partial charge < -0.3 is 9.12 Å². The molecule has 8 nitrogen and oxygen atoms in total. The zero-order valence-corrected chi connectivity index (χ0v) is 21.4. The van der Waals surface area contributed by atoms with Gasteiger partial charge in [0.25, 0.3) is 5.91 Å². The molecule has 12 heteroatoms. The summed E-state index contributed by atoms with van der Waals surface area (Å²) in [6.45, 7) is 10.2. The Labute approximate surface area is 202 Å². The molecule has 0 saturated heterocycles. The normalized spacial score (nSPS) is 12.6. The summed E-state index contributed by atoms with van der Waals surface area (Å²) >= 11 is 5.36. The fourth-order valence-electron chi connectivity index (χ4n) is 3.09. The van der Waals surface area contributed by atoms with Crippen LogP contribution >= 0.6 is 34.9 Å². The van der Waals surface area contributed by atoms with E-state index in [4.69, 9.17) is 12.2 Å². The number of thiazole rings is 2. The standard InChI is InChI=1S/C20H23N5O3S4/c1-6-24-14(5)16(31-20(24)29)13(4)22-25(15-9-7-11(2)8-10-15)18(26)17-12(3)21-19(30-17)23-32(27)28/h7-10H,6H2,1-5H3,(H,21,23)(H,27,28)/p-1/b22-13+. The number of aromatic nitrogens is 2. The van der Waals surface area contributed by atoms with Crippen molar-refractivity contribution in [2.75, 3.05) is 9.73 Å². The predicted octanol–water partition coefficient (Wildman–Crippen LogP) is 4.96. The van der Waals surface area contributed by atoms with Crippen LogP contribution in [0.25, 0.3) is 0 Å². The molecule has 1 aromatic carbocycles. The molecule has 170 valence electrons. The Morgan fingerprint density at radius 1 is 1.25 bits per heavy atom. The van der Waals surface area contributed by atoms with Gasteiger partial charge in [-0.05, 0) is 59.0 Å². The van der Waals surface area contributed by atoms with Gasteiger partial charge in [0.15, 0.2) is 9.09 Å². The average Bonchev–Trinajstić information content (AvgIpc) is 3.23. The van der Waals surface area contributed by atoms with E-state index in [0.717, 1.165) is 38.0 Å². The minimum atomic E-state index is -2.53. The number of hydrogen-bond donors (Lipinski definition) is 1. The fraction of sp³-hybridized carbons (Fsp3) is 0.300. The van der Waals surface area contributed by atoms with Crippen molar-refractivity contribution in [2.24, 2.45) is 5.10 Å². The highest BCUT2D eigenvalue weighted by atomic mass is 32.2. The Kier molecular flexibility index (Phi) is 7.72. The number of nitrogens with zero attached hydrogens (tertiary/aromatic N) is 4. The van der Waals surface area contributed by atoms with Crippen molar-refractivity contribution >= 4 is 68.6 Å². The molecule has 0 saturated carbocycles. The van der Waals surface area contributed by atoms with Gasteiger partial charge in [-0.25, -0.2) is 4.98 Å². The second kappa shape index (κ2) is 10.1. The van der Waals surface area contributed by atoms with Gasteiger partial charge in [0.05, 0.1) is 22.0 Å². The number of benzene rings is 1. The number of carbonyl (C=O) groups is 1. The van der Waals surface area contributed by atoms with Crippen molar-refractivity contribution in [3.05, 3.63) is 54.9 Å². The van der Waals surface area contributed by atoms with Gasteiger partial charge in [-0.15, -0.1) is 11.3 Å². The molecular formula is C20H22N5O3S4-. The Bertz CT molecular complexity index is 1260. The van der Waals surface area contributed by atoms with Crippen LogP contribution < -0.4 is 9.73 Å². The van der Waals surface area contributed by atoms with Crippen LogP contribution in [0.1, 0.15) is 45.3 Å². The number of rotatable bonds is 7. The SMILES string of the molecule is CCn1c(C)c(/C(C)=N/N(C(=O)c2sc(NS(=O)[O-])nc2C)c2ccc(C)cc2)sc1=S. The van der Waals surface area contributed by atoms with Crippen molar-refractivity contribution < 1.29 is 13.6 Å². The molecule has 32 heavy (non-hydrogen) atoms. The molecule has 1 N–H and O–H groups in total. The van der Waals surface area contributed by atoms with Gasteiger partial charge in [-0.1, -0.05) is 29.0 Å². The maximum atomic E-state index is 13.5. The minimum absolute atomic E-state index is 0.123. The quantitative estimate of drug-likeness (QED) is 0.210. The lowest BCUT2D eigenvalue weighted by atomic mass is 10.2. The van der Waals surface area contributed by atoms with E-state index >= 15 is 0 Å². The van der Waals surface area contributed by atoms with Crippen LogP contribution in [-0.4, -0.2) is 29.9 Å². The molecule has 0 bridgehead atoms. The topological polar surface area (TPSA) is 103 Å². The molecule has 2 aromatic heterocycles. The van der Waals surface area contributed by atoms with Gasteiger partial charge in [0.2, 0.25) is 0 Å². The van der Waals surface area contributed by atoms with Crippen molar-refractivity contribution in [3.63, 3.8) is 0 Å². The molecule has 0 spiro atoms. The molecule has 2 heterocycles. The lowest BCUT2D eigenvalue weighted by Crippen LogP contribution is -2.27. The van der Waals surface area contributed by atoms with E-state index in [0.29, 0.717) is 22.0 Å². The van der Waals surface area contributed by atoms with E-state index in [1.54, 1.807) is 6.92 Å². The summed E-state index contributed by atoms with van der Waals surface area (Å²) in [5, 5.41) is 6.12.